The van der Waals surface area contributed by atoms with Crippen LogP contribution in [0, 0.1) is 18.3 Å². The Hall–Kier alpha value is -3.29. The molecule has 0 heterocycles. The molecule has 0 aliphatic heterocycles. The summed E-state index contributed by atoms with van der Waals surface area (Å²) in [6.45, 7) is 1.91. The number of benzene rings is 3. The minimum absolute atomic E-state index is 0.188. The lowest BCUT2D eigenvalue weighted by Crippen LogP contribution is -2.27. The van der Waals surface area contributed by atoms with Gasteiger partial charge >= 0.3 is 0 Å². The van der Waals surface area contributed by atoms with E-state index in [0.29, 0.717) is 17.1 Å². The molecule has 0 aromatic heterocycles. The summed E-state index contributed by atoms with van der Waals surface area (Å²) >= 11 is 6.17. The molecule has 0 radical (unpaired) electrons. The average Bonchev–Trinajstić information content (AvgIpc) is 2.71. The summed E-state index contributed by atoms with van der Waals surface area (Å²) in [5, 5.41) is 15.6. The molecule has 0 aliphatic carbocycles. The van der Waals surface area contributed by atoms with E-state index in [1.54, 1.807) is 6.07 Å². The second kappa shape index (κ2) is 9.07. The molecule has 140 valence electrons. The maximum atomic E-state index is 13.0. The molecule has 4 nitrogen and oxygen atoms in total. The number of nitriles is 1. The van der Waals surface area contributed by atoms with Crippen molar-refractivity contribution < 1.29 is 4.79 Å². The first-order valence-electron chi connectivity index (χ1n) is 8.91. The number of nitrogens with zero attached hydrogens (tertiary/aromatic N) is 1. The van der Waals surface area contributed by atoms with Gasteiger partial charge in [0.05, 0.1) is 12.5 Å². The van der Waals surface area contributed by atoms with Gasteiger partial charge in [-0.2, -0.15) is 5.26 Å². The number of hydrogen-bond donors (Lipinski definition) is 2. The third-order valence-electron chi connectivity index (χ3n) is 4.38. The zero-order chi connectivity index (χ0) is 19.9. The van der Waals surface area contributed by atoms with Crippen LogP contribution in [0.4, 0.5) is 11.4 Å². The van der Waals surface area contributed by atoms with Crippen LogP contribution in [0.1, 0.15) is 22.7 Å². The van der Waals surface area contributed by atoms with E-state index in [2.05, 4.69) is 16.7 Å². The topological polar surface area (TPSA) is 64.9 Å². The van der Waals surface area contributed by atoms with Crippen molar-refractivity contribution in [1.29, 1.82) is 5.26 Å². The van der Waals surface area contributed by atoms with Crippen molar-refractivity contribution in [2.24, 2.45) is 0 Å². The first-order valence-corrected chi connectivity index (χ1v) is 9.29. The van der Waals surface area contributed by atoms with Crippen LogP contribution < -0.4 is 10.6 Å². The van der Waals surface area contributed by atoms with E-state index < -0.39 is 6.04 Å². The highest BCUT2D eigenvalue weighted by atomic mass is 35.5. The van der Waals surface area contributed by atoms with Crippen molar-refractivity contribution in [2.45, 2.75) is 19.4 Å². The van der Waals surface area contributed by atoms with E-state index in [1.807, 2.05) is 73.7 Å². The fourth-order valence-electron chi connectivity index (χ4n) is 2.81. The van der Waals surface area contributed by atoms with Gasteiger partial charge in [-0.05, 0) is 47.9 Å². The number of carbonyl (C=O) groups excluding carboxylic acids is 1. The van der Waals surface area contributed by atoms with Crippen LogP contribution in [0.25, 0.3) is 0 Å². The molecule has 28 heavy (non-hydrogen) atoms. The Labute approximate surface area is 169 Å². The number of hydrogen-bond acceptors (Lipinski definition) is 3. The van der Waals surface area contributed by atoms with E-state index in [-0.39, 0.29) is 5.91 Å². The summed E-state index contributed by atoms with van der Waals surface area (Å²) in [5.74, 6) is -0.188. The second-order valence-corrected chi connectivity index (χ2v) is 6.88. The zero-order valence-electron chi connectivity index (χ0n) is 15.4. The molecule has 5 heteroatoms. The monoisotopic (exact) mass is 389 g/mol. The number of rotatable bonds is 6. The minimum atomic E-state index is -0.580. The van der Waals surface area contributed by atoms with Gasteiger partial charge in [-0.3, -0.25) is 4.79 Å². The van der Waals surface area contributed by atoms with Crippen LogP contribution in [0.2, 0.25) is 5.02 Å². The standard InChI is InChI=1S/C23H20ClN3O/c1-16-7-10-20(15-21(16)24)27-23(28)22(18-5-3-2-4-6-18)26-19-11-8-17(9-12-19)13-14-25/h2-12,15,22,26H,13H2,1H3,(H,27,28)/t22-/m0/s1. The molecule has 1 atom stereocenters. The third kappa shape index (κ3) is 4.91. The number of halogens is 1. The first-order chi connectivity index (χ1) is 13.6. The summed E-state index contributed by atoms with van der Waals surface area (Å²) in [5.41, 5.74) is 4.18. The van der Waals surface area contributed by atoms with E-state index in [1.165, 1.54) is 0 Å². The van der Waals surface area contributed by atoms with Crippen LogP contribution >= 0.6 is 11.6 Å². The molecule has 1 amide bonds. The number of amides is 1. The van der Waals surface area contributed by atoms with Crippen LogP contribution in [-0.4, -0.2) is 5.91 Å². The van der Waals surface area contributed by atoms with Crippen molar-refractivity contribution in [3.63, 3.8) is 0 Å². The molecular weight excluding hydrogens is 370 g/mol. The highest BCUT2D eigenvalue weighted by Crippen LogP contribution is 2.24. The number of anilines is 2. The normalized spacial score (nSPS) is 11.3. The summed E-state index contributed by atoms with van der Waals surface area (Å²) < 4.78 is 0. The molecule has 0 fully saturated rings. The van der Waals surface area contributed by atoms with Gasteiger partial charge in [-0.25, -0.2) is 0 Å². The molecular formula is C23H20ClN3O. The first kappa shape index (κ1) is 19.5. The molecule has 0 saturated carbocycles. The summed E-state index contributed by atoms with van der Waals surface area (Å²) in [7, 11) is 0. The maximum Gasteiger partial charge on any atom is 0.251 e. The van der Waals surface area contributed by atoms with Crippen LogP contribution in [0.3, 0.4) is 0 Å². The molecule has 0 aliphatic rings. The van der Waals surface area contributed by atoms with Gasteiger partial charge in [-0.1, -0.05) is 60.1 Å². The number of aryl methyl sites for hydroxylation is 1. The lowest BCUT2D eigenvalue weighted by Gasteiger charge is -2.20. The van der Waals surface area contributed by atoms with Gasteiger partial charge < -0.3 is 10.6 Å². The van der Waals surface area contributed by atoms with E-state index >= 15 is 0 Å². The fourth-order valence-corrected chi connectivity index (χ4v) is 2.99. The highest BCUT2D eigenvalue weighted by molar-refractivity contribution is 6.31. The Morgan fingerprint density at radius 1 is 1.04 bits per heavy atom. The van der Waals surface area contributed by atoms with Crippen molar-refractivity contribution in [1.82, 2.24) is 0 Å². The Bertz CT molecular complexity index is 995. The molecule has 0 unspecified atom stereocenters. The van der Waals surface area contributed by atoms with Crippen molar-refractivity contribution in [3.05, 3.63) is 94.5 Å². The molecule has 0 saturated heterocycles. The fraction of sp³-hybridized carbons (Fsp3) is 0.130. The van der Waals surface area contributed by atoms with Gasteiger partial charge in [-0.15, -0.1) is 0 Å². The van der Waals surface area contributed by atoms with Crippen LogP contribution in [-0.2, 0) is 11.2 Å². The maximum absolute atomic E-state index is 13.0. The van der Waals surface area contributed by atoms with E-state index in [0.717, 1.165) is 22.4 Å². The Morgan fingerprint density at radius 3 is 2.36 bits per heavy atom. The number of carbonyl (C=O) groups is 1. The molecule has 2 N–H and O–H groups in total. The molecule has 0 bridgehead atoms. The lowest BCUT2D eigenvalue weighted by atomic mass is 10.0. The largest absolute Gasteiger partial charge is 0.370 e. The van der Waals surface area contributed by atoms with Crippen LogP contribution in [0.15, 0.2) is 72.8 Å². The lowest BCUT2D eigenvalue weighted by molar-refractivity contribution is -0.117. The Kier molecular flexibility index (Phi) is 6.31. The predicted octanol–water partition coefficient (Wildman–Crippen LogP) is 5.51. The minimum Gasteiger partial charge on any atom is -0.370 e. The molecule has 3 aromatic carbocycles. The highest BCUT2D eigenvalue weighted by Gasteiger charge is 2.21. The van der Waals surface area contributed by atoms with Crippen molar-refractivity contribution in [3.8, 4) is 6.07 Å². The summed E-state index contributed by atoms with van der Waals surface area (Å²) in [6, 6.07) is 24.0. The van der Waals surface area contributed by atoms with E-state index in [4.69, 9.17) is 16.9 Å². The Morgan fingerprint density at radius 2 is 1.71 bits per heavy atom. The van der Waals surface area contributed by atoms with Crippen molar-refractivity contribution in [2.75, 3.05) is 10.6 Å². The molecule has 3 rings (SSSR count). The van der Waals surface area contributed by atoms with Gasteiger partial charge in [0.1, 0.15) is 6.04 Å². The second-order valence-electron chi connectivity index (χ2n) is 6.47. The van der Waals surface area contributed by atoms with Gasteiger partial charge in [0.25, 0.3) is 5.91 Å². The molecule has 0 spiro atoms. The predicted molar refractivity (Wildman–Crippen MR) is 113 cm³/mol. The molecule has 3 aromatic rings. The Balaban J connectivity index is 1.83. The SMILES string of the molecule is Cc1ccc(NC(=O)[C@@H](Nc2ccc(CC#N)cc2)c2ccccc2)cc1Cl. The zero-order valence-corrected chi connectivity index (χ0v) is 16.2. The summed E-state index contributed by atoms with van der Waals surface area (Å²) in [6.07, 6.45) is 0.358. The average molecular weight is 390 g/mol. The van der Waals surface area contributed by atoms with Gasteiger partial charge in [0.15, 0.2) is 0 Å². The van der Waals surface area contributed by atoms with E-state index in [9.17, 15) is 4.79 Å². The van der Waals surface area contributed by atoms with Crippen LogP contribution in [0.5, 0.6) is 0 Å². The smallest absolute Gasteiger partial charge is 0.251 e. The quantitative estimate of drug-likeness (QED) is 0.584. The van der Waals surface area contributed by atoms with Gasteiger partial charge in [0.2, 0.25) is 0 Å². The van der Waals surface area contributed by atoms with Crippen molar-refractivity contribution >= 4 is 28.9 Å². The van der Waals surface area contributed by atoms with Gasteiger partial charge in [0, 0.05) is 16.4 Å². The third-order valence-corrected chi connectivity index (χ3v) is 4.79. The summed E-state index contributed by atoms with van der Waals surface area (Å²) in [4.78, 5) is 13.0. The number of nitrogens with one attached hydrogen (secondary N) is 2.